The third-order valence-corrected chi connectivity index (χ3v) is 18.4. The standard InChI is InChI=1S/C32H34NSSi.C13H24O2.Ir/c1-7-35(8-2,25-15-10-9-11-16-25)31-22(3)26-18-19-33-29(30(26)34-31)24-20-23-14-12-13-17-27(23)28(21-24)32(4,5)6;1-5-10(6-2)12(14)9-13(15)11(7-3)8-4;/h9-19,21H,7-8H2,1-6H3;9-11,14H,5-8H2,1-4H3;/q-1;;/b;12-9-;. The Bertz CT molecular complexity index is 1910. The van der Waals surface area contributed by atoms with Gasteiger partial charge in [-0.15, -0.1) is 29.1 Å². The predicted octanol–water partition coefficient (Wildman–Crippen LogP) is 12.0. The fourth-order valence-corrected chi connectivity index (χ4v) is 14.7. The summed E-state index contributed by atoms with van der Waals surface area (Å²) in [5, 5.41) is 15.1. The molecular weight excluding hydrogens is 839 g/mol. The molecule has 0 fully saturated rings. The molecule has 6 heteroatoms. The van der Waals surface area contributed by atoms with Crippen molar-refractivity contribution >= 4 is 55.7 Å². The Morgan fingerprint density at radius 1 is 0.863 bits per heavy atom. The van der Waals surface area contributed by atoms with Crippen molar-refractivity contribution in [1.29, 1.82) is 0 Å². The largest absolute Gasteiger partial charge is 0.512 e. The first-order chi connectivity index (χ1) is 23.9. The van der Waals surface area contributed by atoms with Gasteiger partial charge in [-0.05, 0) is 59.5 Å². The van der Waals surface area contributed by atoms with Crippen LogP contribution in [0, 0.1) is 24.8 Å². The fraction of sp³-hybridized carbons (Fsp3) is 0.422. The van der Waals surface area contributed by atoms with Gasteiger partial charge in [0.1, 0.15) is 8.07 Å². The van der Waals surface area contributed by atoms with Gasteiger partial charge in [0, 0.05) is 54.6 Å². The summed E-state index contributed by atoms with van der Waals surface area (Å²) in [5.74, 6) is 0.547. The molecule has 1 N–H and O–H groups in total. The molecule has 2 aromatic heterocycles. The molecule has 2 heterocycles. The quantitative estimate of drug-likeness (QED) is 0.0587. The maximum absolute atomic E-state index is 11.7. The van der Waals surface area contributed by atoms with Crippen LogP contribution in [-0.2, 0) is 30.3 Å². The summed E-state index contributed by atoms with van der Waals surface area (Å²) in [6.07, 6.45) is 6.90. The average Bonchev–Trinajstić information content (AvgIpc) is 3.46. The number of nitrogens with zero attached hydrogens (tertiary/aromatic N) is 1. The minimum atomic E-state index is -1.85. The van der Waals surface area contributed by atoms with E-state index >= 15 is 0 Å². The molecule has 5 rings (SSSR count). The van der Waals surface area contributed by atoms with E-state index < -0.39 is 8.07 Å². The molecule has 3 aromatic carbocycles. The maximum atomic E-state index is 11.7. The van der Waals surface area contributed by atoms with Crippen LogP contribution in [0.4, 0.5) is 0 Å². The summed E-state index contributed by atoms with van der Waals surface area (Å²) in [5.41, 5.74) is 5.01. The SMILES string of the molecule is CCC(CC)C(=O)/C=C(\O)C(CC)CC.CC[Si](CC)(c1ccccc1)c1sc2c(-c3[c-]c4ccccc4c(C(C)(C)C)c3)nccc2c1C.[Ir]. The smallest absolute Gasteiger partial charge is 0.162 e. The summed E-state index contributed by atoms with van der Waals surface area (Å²) in [4.78, 5) is 16.7. The van der Waals surface area contributed by atoms with Crippen molar-refractivity contribution in [2.45, 2.75) is 112 Å². The number of allylic oxidation sites excluding steroid dienone is 2. The molecule has 0 atom stereocenters. The minimum Gasteiger partial charge on any atom is -0.512 e. The molecular formula is C45H58IrNO2SSi-. The van der Waals surface area contributed by atoms with E-state index in [1.807, 2.05) is 45.2 Å². The Hall–Kier alpha value is -2.89. The summed E-state index contributed by atoms with van der Waals surface area (Å²) in [7, 11) is -1.85. The van der Waals surface area contributed by atoms with E-state index in [-0.39, 0.29) is 48.9 Å². The Labute approximate surface area is 326 Å². The minimum absolute atomic E-state index is 0. The number of aliphatic hydroxyl groups excluding tert-OH is 1. The monoisotopic (exact) mass is 897 g/mol. The number of fused-ring (bicyclic) bond motifs is 2. The number of aryl methyl sites for hydroxylation is 1. The molecule has 0 spiro atoms. The van der Waals surface area contributed by atoms with E-state index in [1.165, 1.54) is 44.8 Å². The Morgan fingerprint density at radius 3 is 2.02 bits per heavy atom. The topological polar surface area (TPSA) is 50.2 Å². The summed E-state index contributed by atoms with van der Waals surface area (Å²) in [6, 6.07) is 30.6. The first-order valence-corrected chi connectivity index (χ1v) is 22.0. The molecule has 0 aliphatic carbocycles. The average molecular weight is 897 g/mol. The molecule has 51 heavy (non-hydrogen) atoms. The van der Waals surface area contributed by atoms with Gasteiger partial charge in [0.05, 0.1) is 5.76 Å². The van der Waals surface area contributed by atoms with Gasteiger partial charge in [-0.3, -0.25) is 9.78 Å². The van der Waals surface area contributed by atoms with Gasteiger partial charge in [0.15, 0.2) is 5.78 Å². The van der Waals surface area contributed by atoms with Crippen LogP contribution in [0.1, 0.15) is 99.1 Å². The van der Waals surface area contributed by atoms with E-state index in [0.29, 0.717) is 0 Å². The number of rotatable bonds is 12. The molecule has 3 nitrogen and oxygen atoms in total. The second kappa shape index (κ2) is 18.7. The van der Waals surface area contributed by atoms with Crippen molar-refractivity contribution < 1.29 is 30.0 Å². The number of ketones is 1. The van der Waals surface area contributed by atoms with Crippen LogP contribution in [0.2, 0.25) is 12.1 Å². The Balaban J connectivity index is 0.000000374. The van der Waals surface area contributed by atoms with Crippen LogP contribution in [-0.4, -0.2) is 23.9 Å². The summed E-state index contributed by atoms with van der Waals surface area (Å²) >= 11 is 1.99. The van der Waals surface area contributed by atoms with Gasteiger partial charge < -0.3 is 5.11 Å². The van der Waals surface area contributed by atoms with Gasteiger partial charge in [0.25, 0.3) is 0 Å². The summed E-state index contributed by atoms with van der Waals surface area (Å²) in [6.45, 7) is 22.1. The van der Waals surface area contributed by atoms with E-state index in [4.69, 9.17) is 4.98 Å². The number of hydrogen-bond donors (Lipinski definition) is 1. The molecule has 0 saturated carbocycles. The molecule has 0 amide bonds. The van der Waals surface area contributed by atoms with E-state index in [2.05, 4.69) is 114 Å². The number of benzene rings is 3. The molecule has 0 saturated heterocycles. The summed E-state index contributed by atoms with van der Waals surface area (Å²) < 4.78 is 2.91. The third-order valence-electron chi connectivity index (χ3n) is 10.7. The zero-order valence-electron chi connectivity index (χ0n) is 32.4. The van der Waals surface area contributed by atoms with Crippen LogP contribution in [0.5, 0.6) is 0 Å². The van der Waals surface area contributed by atoms with Crippen LogP contribution < -0.4 is 9.69 Å². The number of carbonyl (C=O) groups excluding carboxylic acids is 1. The molecule has 0 aliphatic rings. The predicted molar refractivity (Wildman–Crippen MR) is 221 cm³/mol. The van der Waals surface area contributed by atoms with Crippen LogP contribution in [0.25, 0.3) is 32.1 Å². The van der Waals surface area contributed by atoms with Crippen molar-refractivity contribution in [3.05, 3.63) is 102 Å². The fourth-order valence-electron chi connectivity index (χ4n) is 7.42. The normalized spacial score (nSPS) is 12.3. The van der Waals surface area contributed by atoms with Gasteiger partial charge in [-0.2, -0.15) is 11.3 Å². The second-order valence-electron chi connectivity index (χ2n) is 14.6. The number of carbonyl (C=O) groups is 1. The molecule has 0 unspecified atom stereocenters. The Morgan fingerprint density at radius 2 is 1.45 bits per heavy atom. The van der Waals surface area contributed by atoms with Gasteiger partial charge in [0.2, 0.25) is 0 Å². The maximum Gasteiger partial charge on any atom is 0.162 e. The second-order valence-corrected chi connectivity index (χ2v) is 20.7. The number of aliphatic hydroxyl groups is 1. The van der Waals surface area contributed by atoms with Crippen molar-refractivity contribution in [2.75, 3.05) is 0 Å². The van der Waals surface area contributed by atoms with Crippen molar-refractivity contribution in [1.82, 2.24) is 4.98 Å². The third kappa shape index (κ3) is 9.19. The van der Waals surface area contributed by atoms with Gasteiger partial charge in [-0.25, -0.2) is 0 Å². The zero-order chi connectivity index (χ0) is 36.6. The molecule has 1 radical (unpaired) electrons. The van der Waals surface area contributed by atoms with Crippen molar-refractivity contribution in [3.63, 3.8) is 0 Å². The molecule has 0 bridgehead atoms. The Kier molecular flexibility index (Phi) is 15.6. The van der Waals surface area contributed by atoms with Crippen molar-refractivity contribution in [2.24, 2.45) is 11.8 Å². The first kappa shape index (κ1) is 42.5. The van der Waals surface area contributed by atoms with E-state index in [9.17, 15) is 9.90 Å². The zero-order valence-corrected chi connectivity index (χ0v) is 36.7. The molecule has 275 valence electrons. The number of pyridine rings is 1. The van der Waals surface area contributed by atoms with Gasteiger partial charge >= 0.3 is 0 Å². The van der Waals surface area contributed by atoms with Crippen LogP contribution >= 0.6 is 11.3 Å². The van der Waals surface area contributed by atoms with Crippen LogP contribution in [0.3, 0.4) is 0 Å². The van der Waals surface area contributed by atoms with E-state index in [0.717, 1.165) is 42.3 Å². The number of thiophene rings is 1. The van der Waals surface area contributed by atoms with Crippen molar-refractivity contribution in [3.8, 4) is 11.3 Å². The number of aromatic nitrogens is 1. The van der Waals surface area contributed by atoms with E-state index in [1.54, 1.807) is 9.69 Å². The molecule has 0 aliphatic heterocycles. The van der Waals surface area contributed by atoms with Gasteiger partial charge in [-0.1, -0.05) is 139 Å². The van der Waals surface area contributed by atoms with Crippen LogP contribution in [0.15, 0.2) is 84.8 Å². The molecule has 5 aromatic rings. The first-order valence-electron chi connectivity index (χ1n) is 18.7. The number of hydrogen-bond acceptors (Lipinski definition) is 4.